The molecule has 0 bridgehead atoms. The van der Waals surface area contributed by atoms with E-state index in [1.54, 1.807) is 0 Å². The number of hydrogen-bond acceptors (Lipinski definition) is 4. The Morgan fingerprint density at radius 3 is 2.37 bits per heavy atom. The van der Waals surface area contributed by atoms with Crippen LogP contribution in [0.5, 0.6) is 0 Å². The average Bonchev–Trinajstić information content (AvgIpc) is 2.70. The van der Waals surface area contributed by atoms with Crippen molar-refractivity contribution >= 4 is 25.9 Å². The Bertz CT molecular complexity index is 710. The number of rotatable bonds is 3. The zero-order valence-electron chi connectivity index (χ0n) is 10.6. The lowest BCUT2D eigenvalue weighted by Gasteiger charge is -2.23. The van der Waals surface area contributed by atoms with E-state index in [0.29, 0.717) is 24.2 Å². The van der Waals surface area contributed by atoms with Crippen molar-refractivity contribution in [1.29, 1.82) is 0 Å². The number of benzene rings is 1. The van der Waals surface area contributed by atoms with Gasteiger partial charge < -0.3 is 0 Å². The molecule has 0 saturated heterocycles. The van der Waals surface area contributed by atoms with Gasteiger partial charge in [0.15, 0.2) is 0 Å². The molecule has 0 amide bonds. The summed E-state index contributed by atoms with van der Waals surface area (Å²) in [6, 6.07) is 4.22. The van der Waals surface area contributed by atoms with Crippen LogP contribution in [0.4, 0.5) is 5.69 Å². The fraction of sp³-hybridized carbons (Fsp3) is 0.400. The number of primary sulfonamides is 1. The van der Waals surface area contributed by atoms with E-state index >= 15 is 0 Å². The van der Waals surface area contributed by atoms with Crippen molar-refractivity contribution in [2.75, 3.05) is 24.9 Å². The monoisotopic (exact) mass is 305 g/mol. The third-order valence-corrected chi connectivity index (χ3v) is 5.74. The van der Waals surface area contributed by atoms with Crippen molar-refractivity contribution in [3.63, 3.8) is 0 Å². The molecule has 0 radical (unpaired) electrons. The standard InChI is InChI=1S/C10H15N3O4S2/c1-12(2)19(16,17)13-6-5-8-7-9(18(11,14)15)3-4-10(8)13/h3-4,7H,5-6H2,1-2H3,(H2,11,14,15). The van der Waals surface area contributed by atoms with Gasteiger partial charge in [0, 0.05) is 20.6 Å². The van der Waals surface area contributed by atoms with E-state index in [1.165, 1.54) is 36.6 Å². The molecule has 9 heteroatoms. The van der Waals surface area contributed by atoms with Crippen LogP contribution in [0, 0.1) is 0 Å². The maximum Gasteiger partial charge on any atom is 0.303 e. The summed E-state index contributed by atoms with van der Waals surface area (Å²) in [4.78, 5) is -0.00430. The third kappa shape index (κ3) is 2.46. The van der Waals surface area contributed by atoms with Crippen LogP contribution in [0.1, 0.15) is 5.56 Å². The summed E-state index contributed by atoms with van der Waals surface area (Å²) in [5.41, 5.74) is 1.16. The SMILES string of the molecule is CN(C)S(=O)(=O)N1CCc2cc(S(N)(=O)=O)ccc21. The molecule has 1 aromatic rings. The molecule has 2 N–H and O–H groups in total. The van der Waals surface area contributed by atoms with E-state index in [9.17, 15) is 16.8 Å². The van der Waals surface area contributed by atoms with E-state index in [0.717, 1.165) is 4.31 Å². The number of nitrogens with two attached hydrogens (primary N) is 1. The van der Waals surface area contributed by atoms with E-state index in [4.69, 9.17) is 5.14 Å². The lowest BCUT2D eigenvalue weighted by Crippen LogP contribution is -2.38. The second kappa shape index (κ2) is 4.44. The van der Waals surface area contributed by atoms with Crippen LogP contribution >= 0.6 is 0 Å². The van der Waals surface area contributed by atoms with Gasteiger partial charge in [0.05, 0.1) is 10.6 Å². The van der Waals surface area contributed by atoms with Gasteiger partial charge in [-0.05, 0) is 30.2 Å². The van der Waals surface area contributed by atoms with Crippen molar-refractivity contribution < 1.29 is 16.8 Å². The third-order valence-electron chi connectivity index (χ3n) is 2.97. The maximum absolute atomic E-state index is 12.1. The average molecular weight is 305 g/mol. The topological polar surface area (TPSA) is 101 Å². The molecule has 0 unspecified atom stereocenters. The van der Waals surface area contributed by atoms with Gasteiger partial charge in [0.2, 0.25) is 10.0 Å². The van der Waals surface area contributed by atoms with Crippen molar-refractivity contribution in [1.82, 2.24) is 4.31 Å². The minimum Gasteiger partial charge on any atom is -0.257 e. The molecule has 1 aliphatic heterocycles. The first kappa shape index (κ1) is 14.3. The number of anilines is 1. The number of nitrogens with zero attached hydrogens (tertiary/aromatic N) is 2. The van der Waals surface area contributed by atoms with Gasteiger partial charge in [-0.25, -0.2) is 13.6 Å². The van der Waals surface area contributed by atoms with Crippen molar-refractivity contribution in [2.45, 2.75) is 11.3 Å². The summed E-state index contributed by atoms with van der Waals surface area (Å²) < 4.78 is 49.1. The number of hydrogen-bond donors (Lipinski definition) is 1. The Hall–Kier alpha value is -1.16. The Kier molecular flexibility index (Phi) is 3.33. The summed E-state index contributed by atoms with van der Waals surface area (Å²) >= 11 is 0. The highest BCUT2D eigenvalue weighted by Gasteiger charge is 2.31. The van der Waals surface area contributed by atoms with Crippen LogP contribution in [-0.4, -0.2) is 41.8 Å². The summed E-state index contributed by atoms with van der Waals surface area (Å²) in [7, 11) is -4.42. The van der Waals surface area contributed by atoms with Crippen molar-refractivity contribution in [3.05, 3.63) is 23.8 Å². The molecule has 0 atom stereocenters. The molecular weight excluding hydrogens is 290 g/mol. The molecule has 1 aliphatic rings. The van der Waals surface area contributed by atoms with E-state index < -0.39 is 20.2 Å². The second-order valence-electron chi connectivity index (χ2n) is 4.45. The lowest BCUT2D eigenvalue weighted by atomic mass is 10.2. The van der Waals surface area contributed by atoms with Crippen molar-refractivity contribution in [3.8, 4) is 0 Å². The molecule has 106 valence electrons. The Morgan fingerprint density at radius 1 is 1.21 bits per heavy atom. The van der Waals surface area contributed by atoms with E-state index in [1.807, 2.05) is 0 Å². The van der Waals surface area contributed by atoms with Crippen LogP contribution in [0.25, 0.3) is 0 Å². The summed E-state index contributed by atoms with van der Waals surface area (Å²) in [6.45, 7) is 0.296. The molecular formula is C10H15N3O4S2. The first-order valence-electron chi connectivity index (χ1n) is 5.50. The molecule has 0 saturated carbocycles. The van der Waals surface area contributed by atoms with Crippen LogP contribution in [-0.2, 0) is 26.7 Å². The van der Waals surface area contributed by atoms with Crippen LogP contribution in [0.2, 0.25) is 0 Å². The summed E-state index contributed by atoms with van der Waals surface area (Å²) in [5, 5.41) is 5.05. The highest BCUT2D eigenvalue weighted by atomic mass is 32.2. The first-order chi connectivity index (χ1) is 8.64. The van der Waals surface area contributed by atoms with E-state index in [2.05, 4.69) is 0 Å². The Labute approximate surface area is 112 Å². The van der Waals surface area contributed by atoms with Crippen LogP contribution in [0.15, 0.2) is 23.1 Å². The fourth-order valence-corrected chi connectivity index (χ4v) is 3.67. The number of fused-ring (bicyclic) bond motifs is 1. The minimum atomic E-state index is -3.77. The first-order valence-corrected chi connectivity index (χ1v) is 8.44. The molecule has 1 heterocycles. The van der Waals surface area contributed by atoms with Gasteiger partial charge in [-0.2, -0.15) is 12.7 Å². The second-order valence-corrected chi connectivity index (χ2v) is 8.08. The van der Waals surface area contributed by atoms with Gasteiger partial charge in [0.25, 0.3) is 0 Å². The maximum atomic E-state index is 12.1. The van der Waals surface area contributed by atoms with Gasteiger partial charge in [-0.3, -0.25) is 4.31 Å². The molecule has 1 aromatic carbocycles. The minimum absolute atomic E-state index is 0.00430. The zero-order chi connectivity index (χ0) is 14.4. The Balaban J connectivity index is 2.49. The predicted octanol–water partition coefficient (Wildman–Crippen LogP) is -0.497. The molecule has 0 aromatic heterocycles. The predicted molar refractivity (Wildman–Crippen MR) is 71.5 cm³/mol. The molecule has 0 spiro atoms. The summed E-state index contributed by atoms with van der Waals surface area (Å²) in [6.07, 6.45) is 0.464. The lowest BCUT2D eigenvalue weighted by molar-refractivity contribution is 0.517. The fourth-order valence-electron chi connectivity index (χ4n) is 1.96. The van der Waals surface area contributed by atoms with E-state index in [-0.39, 0.29) is 4.90 Å². The molecule has 19 heavy (non-hydrogen) atoms. The van der Waals surface area contributed by atoms with Gasteiger partial charge in [-0.15, -0.1) is 0 Å². The quantitative estimate of drug-likeness (QED) is 0.813. The van der Waals surface area contributed by atoms with Crippen LogP contribution in [0.3, 0.4) is 0 Å². The van der Waals surface area contributed by atoms with Gasteiger partial charge in [0.1, 0.15) is 0 Å². The van der Waals surface area contributed by atoms with Gasteiger partial charge >= 0.3 is 10.2 Å². The molecule has 0 aliphatic carbocycles. The molecule has 0 fully saturated rings. The smallest absolute Gasteiger partial charge is 0.257 e. The normalized spacial score (nSPS) is 15.9. The largest absolute Gasteiger partial charge is 0.303 e. The highest BCUT2D eigenvalue weighted by molar-refractivity contribution is 7.90. The number of sulfonamides is 1. The molecule has 2 rings (SSSR count). The summed E-state index contributed by atoms with van der Waals surface area (Å²) in [5.74, 6) is 0. The Morgan fingerprint density at radius 2 is 1.84 bits per heavy atom. The molecule has 7 nitrogen and oxygen atoms in total. The highest BCUT2D eigenvalue weighted by Crippen LogP contribution is 2.32. The van der Waals surface area contributed by atoms with Crippen molar-refractivity contribution in [2.24, 2.45) is 5.14 Å². The van der Waals surface area contributed by atoms with Crippen LogP contribution < -0.4 is 9.44 Å². The van der Waals surface area contributed by atoms with Gasteiger partial charge in [-0.1, -0.05) is 0 Å². The zero-order valence-corrected chi connectivity index (χ0v) is 12.2.